The van der Waals surface area contributed by atoms with Gasteiger partial charge in [0.25, 0.3) is 0 Å². The molecule has 1 heterocycles. The highest BCUT2D eigenvalue weighted by atomic mass is 35.5. The van der Waals surface area contributed by atoms with Crippen LogP contribution in [0.2, 0.25) is 0 Å². The molecule has 2 rings (SSSR count). The highest BCUT2D eigenvalue weighted by molar-refractivity contribution is 5.95. The van der Waals surface area contributed by atoms with Crippen molar-refractivity contribution >= 4 is 24.0 Å². The van der Waals surface area contributed by atoms with Crippen molar-refractivity contribution in [1.29, 1.82) is 0 Å². The maximum Gasteiger partial charge on any atom is 0.246 e. The average molecular weight is 323 g/mol. The number of carbonyl (C=O) groups excluding carboxylic acids is 1. The number of rotatable bonds is 5. The number of aryl methyl sites for hydroxylation is 1. The van der Waals surface area contributed by atoms with E-state index in [2.05, 4.69) is 35.6 Å². The normalized spacial score (nSPS) is 11.9. The molecule has 6 heteroatoms. The van der Waals surface area contributed by atoms with Crippen LogP contribution in [0.1, 0.15) is 36.9 Å². The van der Waals surface area contributed by atoms with Crippen molar-refractivity contribution in [1.82, 2.24) is 15.1 Å². The topological polar surface area (TPSA) is 59.0 Å². The lowest BCUT2D eigenvalue weighted by Crippen LogP contribution is -2.30. The van der Waals surface area contributed by atoms with Crippen molar-refractivity contribution < 1.29 is 4.79 Å². The second kappa shape index (κ2) is 7.96. The van der Waals surface area contributed by atoms with Crippen LogP contribution in [0.15, 0.2) is 36.7 Å². The summed E-state index contributed by atoms with van der Waals surface area (Å²) >= 11 is 0. The van der Waals surface area contributed by atoms with E-state index in [-0.39, 0.29) is 18.3 Å². The molecular weight excluding hydrogens is 300 g/mol. The Hall–Kier alpha value is -1.85. The summed E-state index contributed by atoms with van der Waals surface area (Å²) in [6, 6.07) is 7.53. The van der Waals surface area contributed by atoms with Gasteiger partial charge in [-0.1, -0.05) is 26.0 Å². The Balaban J connectivity index is 0.00000242. The number of nitrogens with one attached hydrogen (secondary N) is 2. The Labute approximate surface area is 137 Å². The van der Waals surface area contributed by atoms with Crippen LogP contribution in [0.4, 0.5) is 5.69 Å². The molecule has 120 valence electrons. The molecule has 1 amide bonds. The minimum absolute atomic E-state index is 0. The molecule has 0 fully saturated rings. The molecule has 0 saturated heterocycles. The zero-order valence-corrected chi connectivity index (χ0v) is 14.1. The maximum atomic E-state index is 12.4. The molecule has 1 atom stereocenters. The third-order valence-corrected chi connectivity index (χ3v) is 3.43. The molecule has 0 aliphatic rings. The van der Waals surface area contributed by atoms with Gasteiger partial charge in [-0.25, -0.2) is 0 Å². The molecule has 0 bridgehead atoms. The molecule has 22 heavy (non-hydrogen) atoms. The lowest BCUT2D eigenvalue weighted by Gasteiger charge is -2.15. The number of likely N-dealkylation sites (N-methyl/N-ethyl adjacent to an activating group) is 1. The van der Waals surface area contributed by atoms with Gasteiger partial charge < -0.3 is 10.6 Å². The Bertz CT molecular complexity index is 624. The van der Waals surface area contributed by atoms with E-state index in [1.54, 1.807) is 17.9 Å². The number of hydrogen-bond acceptors (Lipinski definition) is 3. The number of hydrogen-bond donors (Lipinski definition) is 2. The number of carbonyl (C=O) groups is 1. The smallest absolute Gasteiger partial charge is 0.246 e. The first kappa shape index (κ1) is 18.2. The van der Waals surface area contributed by atoms with Crippen molar-refractivity contribution in [3.63, 3.8) is 0 Å². The van der Waals surface area contributed by atoms with Crippen LogP contribution in [0.3, 0.4) is 0 Å². The Morgan fingerprint density at radius 2 is 2.00 bits per heavy atom. The predicted octanol–water partition coefficient (Wildman–Crippen LogP) is 2.86. The summed E-state index contributed by atoms with van der Waals surface area (Å²) in [5, 5.41) is 10.1. The number of amides is 1. The second-order valence-electron chi connectivity index (χ2n) is 5.44. The third-order valence-electron chi connectivity index (χ3n) is 3.43. The third kappa shape index (κ3) is 4.32. The molecule has 0 spiro atoms. The molecule has 1 aromatic carbocycles. The highest BCUT2D eigenvalue weighted by Crippen LogP contribution is 2.20. The molecule has 0 aliphatic carbocycles. The van der Waals surface area contributed by atoms with Gasteiger partial charge in [-0.2, -0.15) is 5.10 Å². The van der Waals surface area contributed by atoms with Gasteiger partial charge in [-0.3, -0.25) is 9.48 Å². The van der Waals surface area contributed by atoms with Crippen LogP contribution in [0.25, 0.3) is 0 Å². The number of benzene rings is 1. The number of nitrogens with zero attached hydrogens (tertiary/aromatic N) is 2. The first-order valence-corrected chi connectivity index (χ1v) is 7.08. The van der Waals surface area contributed by atoms with Crippen molar-refractivity contribution in [3.05, 3.63) is 47.8 Å². The van der Waals surface area contributed by atoms with Gasteiger partial charge in [-0.15, -0.1) is 12.4 Å². The average Bonchev–Trinajstić information content (AvgIpc) is 2.86. The van der Waals surface area contributed by atoms with Crippen LogP contribution in [-0.4, -0.2) is 22.7 Å². The summed E-state index contributed by atoms with van der Waals surface area (Å²) in [7, 11) is 3.60. The highest BCUT2D eigenvalue weighted by Gasteiger charge is 2.20. The molecule has 2 N–H and O–H groups in total. The first-order valence-electron chi connectivity index (χ1n) is 7.08. The Kier molecular flexibility index (Phi) is 6.59. The molecular formula is C16H23ClN4O. The molecule has 5 nitrogen and oxygen atoms in total. The second-order valence-corrected chi connectivity index (χ2v) is 5.44. The zero-order valence-electron chi connectivity index (χ0n) is 13.3. The van der Waals surface area contributed by atoms with E-state index in [0.29, 0.717) is 5.92 Å². The van der Waals surface area contributed by atoms with Crippen molar-refractivity contribution in [2.75, 3.05) is 12.4 Å². The van der Waals surface area contributed by atoms with E-state index >= 15 is 0 Å². The Morgan fingerprint density at radius 3 is 2.55 bits per heavy atom. The van der Waals surface area contributed by atoms with Crippen LogP contribution in [0, 0.1) is 0 Å². The summed E-state index contributed by atoms with van der Waals surface area (Å²) in [6.45, 7) is 4.26. The van der Waals surface area contributed by atoms with Crippen LogP contribution < -0.4 is 10.6 Å². The lowest BCUT2D eigenvalue weighted by molar-refractivity contribution is -0.118. The van der Waals surface area contributed by atoms with Crippen molar-refractivity contribution in [2.45, 2.75) is 25.8 Å². The number of halogens is 1. The van der Waals surface area contributed by atoms with E-state index in [1.165, 1.54) is 5.56 Å². The molecule has 1 aromatic heterocycles. The molecule has 0 aliphatic heterocycles. The number of anilines is 1. The summed E-state index contributed by atoms with van der Waals surface area (Å²) < 4.78 is 1.69. The fourth-order valence-corrected chi connectivity index (χ4v) is 2.23. The van der Waals surface area contributed by atoms with Gasteiger partial charge in [0.1, 0.15) is 6.04 Å². The van der Waals surface area contributed by atoms with E-state index in [9.17, 15) is 4.79 Å². The molecule has 0 saturated carbocycles. The van der Waals surface area contributed by atoms with E-state index in [4.69, 9.17) is 0 Å². The van der Waals surface area contributed by atoms with Crippen LogP contribution in [0.5, 0.6) is 0 Å². The molecule has 2 aromatic rings. The van der Waals surface area contributed by atoms with Gasteiger partial charge in [-0.05, 0) is 30.7 Å². The van der Waals surface area contributed by atoms with Gasteiger partial charge in [0.15, 0.2) is 0 Å². The van der Waals surface area contributed by atoms with E-state index in [1.807, 2.05) is 31.4 Å². The summed E-state index contributed by atoms with van der Waals surface area (Å²) in [5.41, 5.74) is 2.86. The quantitative estimate of drug-likeness (QED) is 0.890. The zero-order chi connectivity index (χ0) is 15.4. The van der Waals surface area contributed by atoms with Crippen molar-refractivity contribution in [3.8, 4) is 0 Å². The molecule has 0 radical (unpaired) electrons. The van der Waals surface area contributed by atoms with Gasteiger partial charge in [0.05, 0.1) is 6.20 Å². The van der Waals surface area contributed by atoms with Crippen LogP contribution in [-0.2, 0) is 11.8 Å². The van der Waals surface area contributed by atoms with E-state index < -0.39 is 6.04 Å². The monoisotopic (exact) mass is 322 g/mol. The summed E-state index contributed by atoms with van der Waals surface area (Å²) in [4.78, 5) is 12.4. The molecule has 1 unspecified atom stereocenters. The minimum Gasteiger partial charge on any atom is -0.324 e. The first-order chi connectivity index (χ1) is 10.0. The Morgan fingerprint density at radius 1 is 1.27 bits per heavy atom. The van der Waals surface area contributed by atoms with Gasteiger partial charge >= 0.3 is 0 Å². The van der Waals surface area contributed by atoms with Gasteiger partial charge in [0, 0.05) is 24.5 Å². The summed E-state index contributed by atoms with van der Waals surface area (Å²) in [6.07, 6.45) is 3.54. The van der Waals surface area contributed by atoms with Crippen molar-refractivity contribution in [2.24, 2.45) is 7.05 Å². The van der Waals surface area contributed by atoms with E-state index in [0.717, 1.165) is 11.3 Å². The fourth-order valence-electron chi connectivity index (χ4n) is 2.23. The fraction of sp³-hybridized carbons (Fsp3) is 0.375. The van der Waals surface area contributed by atoms with Gasteiger partial charge in [0.2, 0.25) is 5.91 Å². The lowest BCUT2D eigenvalue weighted by atomic mass is 10.0. The largest absolute Gasteiger partial charge is 0.324 e. The SMILES string of the molecule is CNC(C(=O)Nc1cccc(C(C)C)c1)c1cnn(C)c1.Cl. The predicted molar refractivity (Wildman–Crippen MR) is 91.4 cm³/mol. The van der Waals surface area contributed by atoms with Crippen LogP contribution >= 0.6 is 12.4 Å². The summed E-state index contributed by atoms with van der Waals surface area (Å²) in [5.74, 6) is 0.340. The minimum atomic E-state index is -0.415. The standard InChI is InChI=1S/C16H22N4O.ClH/c1-11(2)12-6-5-7-14(8-12)19-16(21)15(17-3)13-9-18-20(4)10-13;/h5-11,15,17H,1-4H3,(H,19,21);1H. The maximum absolute atomic E-state index is 12.4. The number of aromatic nitrogens is 2.